The van der Waals surface area contributed by atoms with E-state index in [1.54, 1.807) is 0 Å². The lowest BCUT2D eigenvalue weighted by Gasteiger charge is -2.17. The maximum absolute atomic E-state index is 3.62. The van der Waals surface area contributed by atoms with Gasteiger partial charge in [-0.1, -0.05) is 38.8 Å². The van der Waals surface area contributed by atoms with E-state index in [1.165, 1.54) is 32.2 Å². The summed E-state index contributed by atoms with van der Waals surface area (Å²) in [4.78, 5) is 0. The molecule has 1 rings (SSSR count). The molecule has 0 saturated heterocycles. The van der Waals surface area contributed by atoms with E-state index in [9.17, 15) is 0 Å². The summed E-state index contributed by atoms with van der Waals surface area (Å²) in [6.45, 7) is 5.77. The lowest BCUT2D eigenvalue weighted by Crippen LogP contribution is -2.31. The molecule has 70 valence electrons. The molecule has 0 fully saturated rings. The molecule has 1 heteroatoms. The quantitative estimate of drug-likeness (QED) is 0.621. The van der Waals surface area contributed by atoms with E-state index in [4.69, 9.17) is 0 Å². The van der Waals surface area contributed by atoms with Crippen LogP contribution in [0.15, 0.2) is 12.2 Å². The van der Waals surface area contributed by atoms with Gasteiger partial charge in [0, 0.05) is 6.04 Å². The molecule has 1 N–H and O–H groups in total. The molecule has 0 aromatic rings. The van der Waals surface area contributed by atoms with Crippen molar-refractivity contribution in [3.63, 3.8) is 0 Å². The van der Waals surface area contributed by atoms with Crippen molar-refractivity contribution in [3.05, 3.63) is 12.2 Å². The monoisotopic (exact) mass is 167 g/mol. The number of hydrogen-bond acceptors (Lipinski definition) is 1. The van der Waals surface area contributed by atoms with Gasteiger partial charge in [0.05, 0.1) is 0 Å². The second-order valence-corrected chi connectivity index (χ2v) is 3.73. The molecule has 0 aliphatic heterocycles. The molecule has 0 amide bonds. The largest absolute Gasteiger partial charge is 0.313 e. The summed E-state index contributed by atoms with van der Waals surface area (Å²) in [5, 5.41) is 3.62. The molecule has 0 aromatic carbocycles. The van der Waals surface area contributed by atoms with Crippen LogP contribution < -0.4 is 5.32 Å². The van der Waals surface area contributed by atoms with Crippen molar-refractivity contribution in [2.24, 2.45) is 5.92 Å². The Labute approximate surface area is 76.2 Å². The van der Waals surface area contributed by atoms with E-state index in [0.29, 0.717) is 0 Å². The molecule has 0 spiro atoms. The maximum atomic E-state index is 3.62. The molecule has 1 aliphatic rings. The Morgan fingerprint density at radius 3 is 2.33 bits per heavy atom. The van der Waals surface area contributed by atoms with Crippen LogP contribution in [0.4, 0.5) is 0 Å². The minimum absolute atomic E-state index is 0.741. The van der Waals surface area contributed by atoms with Crippen molar-refractivity contribution in [2.75, 3.05) is 6.54 Å². The third-order valence-corrected chi connectivity index (χ3v) is 2.86. The minimum Gasteiger partial charge on any atom is -0.313 e. The highest BCUT2D eigenvalue weighted by molar-refractivity contribution is 4.97. The van der Waals surface area contributed by atoms with Crippen LogP contribution >= 0.6 is 0 Å². The molecule has 0 heterocycles. The van der Waals surface area contributed by atoms with E-state index in [-0.39, 0.29) is 0 Å². The Bertz CT molecular complexity index is 126. The van der Waals surface area contributed by atoms with Crippen LogP contribution in [0.5, 0.6) is 0 Å². The first-order valence-corrected chi connectivity index (χ1v) is 5.25. The van der Waals surface area contributed by atoms with Crippen molar-refractivity contribution < 1.29 is 0 Å². The van der Waals surface area contributed by atoms with Crippen molar-refractivity contribution in [3.8, 4) is 0 Å². The normalized spacial score (nSPS) is 17.9. The topological polar surface area (TPSA) is 12.0 Å². The fraction of sp³-hybridized carbons (Fsp3) is 0.818. The third kappa shape index (κ3) is 2.98. The second kappa shape index (κ2) is 5.36. The Morgan fingerprint density at radius 1 is 1.25 bits per heavy atom. The smallest absolute Gasteiger partial charge is 0.0136 e. The van der Waals surface area contributed by atoms with Gasteiger partial charge in [-0.2, -0.15) is 0 Å². The van der Waals surface area contributed by atoms with Crippen molar-refractivity contribution in [2.45, 2.75) is 45.6 Å². The van der Waals surface area contributed by atoms with E-state index < -0.39 is 0 Å². The molecule has 0 bridgehead atoms. The van der Waals surface area contributed by atoms with Gasteiger partial charge >= 0.3 is 0 Å². The Balaban J connectivity index is 2.07. The zero-order valence-electron chi connectivity index (χ0n) is 8.34. The predicted octanol–water partition coefficient (Wildman–Crippen LogP) is 2.73. The summed E-state index contributed by atoms with van der Waals surface area (Å²) in [6.07, 6.45) is 9.66. The van der Waals surface area contributed by atoms with Crippen LogP contribution in [0, 0.1) is 5.92 Å². The van der Waals surface area contributed by atoms with Crippen LogP contribution in [-0.4, -0.2) is 12.6 Å². The van der Waals surface area contributed by atoms with Gasteiger partial charge in [0.2, 0.25) is 0 Å². The Kier molecular flexibility index (Phi) is 4.37. The van der Waals surface area contributed by atoms with Crippen LogP contribution in [0.2, 0.25) is 0 Å². The molecular formula is C11H21N. The lowest BCUT2D eigenvalue weighted by atomic mass is 10.0. The van der Waals surface area contributed by atoms with Gasteiger partial charge in [-0.25, -0.2) is 0 Å². The SMILES string of the molecule is CCC(CC)CNC1CC=CC1. The Morgan fingerprint density at radius 2 is 1.83 bits per heavy atom. The molecule has 0 atom stereocenters. The fourth-order valence-corrected chi connectivity index (χ4v) is 1.69. The standard InChI is InChI=1S/C11H21N/c1-3-10(4-2)9-12-11-7-5-6-8-11/h5-6,10-12H,3-4,7-9H2,1-2H3. The third-order valence-electron chi connectivity index (χ3n) is 2.86. The number of rotatable bonds is 5. The van der Waals surface area contributed by atoms with E-state index in [1.807, 2.05) is 0 Å². The summed E-state index contributed by atoms with van der Waals surface area (Å²) >= 11 is 0. The molecular weight excluding hydrogens is 146 g/mol. The molecule has 12 heavy (non-hydrogen) atoms. The summed E-state index contributed by atoms with van der Waals surface area (Å²) < 4.78 is 0. The molecule has 1 nitrogen and oxygen atoms in total. The molecule has 0 saturated carbocycles. The predicted molar refractivity (Wildman–Crippen MR) is 54.2 cm³/mol. The summed E-state index contributed by atoms with van der Waals surface area (Å²) in [6, 6.07) is 0.741. The van der Waals surface area contributed by atoms with Crippen LogP contribution in [0.1, 0.15) is 39.5 Å². The highest BCUT2D eigenvalue weighted by Crippen LogP contribution is 2.11. The molecule has 1 aliphatic carbocycles. The van der Waals surface area contributed by atoms with E-state index >= 15 is 0 Å². The minimum atomic E-state index is 0.741. The average molecular weight is 167 g/mol. The van der Waals surface area contributed by atoms with Gasteiger partial charge in [0.25, 0.3) is 0 Å². The van der Waals surface area contributed by atoms with Crippen molar-refractivity contribution >= 4 is 0 Å². The van der Waals surface area contributed by atoms with Crippen molar-refractivity contribution in [1.82, 2.24) is 5.32 Å². The molecule has 0 radical (unpaired) electrons. The zero-order chi connectivity index (χ0) is 8.81. The highest BCUT2D eigenvalue weighted by Gasteiger charge is 2.10. The first kappa shape index (κ1) is 9.79. The Hall–Kier alpha value is -0.300. The molecule has 0 aromatic heterocycles. The number of nitrogens with one attached hydrogen (secondary N) is 1. The van der Waals surface area contributed by atoms with E-state index in [2.05, 4.69) is 31.3 Å². The van der Waals surface area contributed by atoms with Gasteiger partial charge in [0.15, 0.2) is 0 Å². The van der Waals surface area contributed by atoms with Gasteiger partial charge in [-0.3, -0.25) is 0 Å². The maximum Gasteiger partial charge on any atom is 0.0136 e. The lowest BCUT2D eigenvalue weighted by molar-refractivity contribution is 0.413. The molecule has 0 unspecified atom stereocenters. The van der Waals surface area contributed by atoms with Crippen LogP contribution in [0.25, 0.3) is 0 Å². The van der Waals surface area contributed by atoms with Crippen LogP contribution in [0.3, 0.4) is 0 Å². The first-order chi connectivity index (χ1) is 5.86. The van der Waals surface area contributed by atoms with Gasteiger partial charge in [-0.15, -0.1) is 0 Å². The fourth-order valence-electron chi connectivity index (χ4n) is 1.69. The number of hydrogen-bond donors (Lipinski definition) is 1. The summed E-state index contributed by atoms with van der Waals surface area (Å²) in [5.74, 6) is 0.880. The average Bonchev–Trinajstić information content (AvgIpc) is 2.59. The second-order valence-electron chi connectivity index (χ2n) is 3.73. The van der Waals surface area contributed by atoms with Crippen LogP contribution in [-0.2, 0) is 0 Å². The zero-order valence-corrected chi connectivity index (χ0v) is 8.34. The first-order valence-electron chi connectivity index (χ1n) is 5.25. The highest BCUT2D eigenvalue weighted by atomic mass is 14.9. The van der Waals surface area contributed by atoms with E-state index in [0.717, 1.165) is 12.0 Å². The van der Waals surface area contributed by atoms with Gasteiger partial charge in [0.1, 0.15) is 0 Å². The summed E-state index contributed by atoms with van der Waals surface area (Å²) in [7, 11) is 0. The summed E-state index contributed by atoms with van der Waals surface area (Å²) in [5.41, 5.74) is 0. The van der Waals surface area contributed by atoms with Crippen molar-refractivity contribution in [1.29, 1.82) is 0 Å². The van der Waals surface area contributed by atoms with Gasteiger partial charge < -0.3 is 5.32 Å². The van der Waals surface area contributed by atoms with Gasteiger partial charge in [-0.05, 0) is 25.3 Å².